The van der Waals surface area contributed by atoms with Crippen LogP contribution in [-0.4, -0.2) is 33.8 Å². The summed E-state index contributed by atoms with van der Waals surface area (Å²) in [6.07, 6.45) is 2.38. The number of ketones is 1. The smallest absolute Gasteiger partial charge is 0.306 e. The molecule has 2 aliphatic rings. The van der Waals surface area contributed by atoms with Crippen molar-refractivity contribution in [3.05, 3.63) is 33.2 Å². The molecule has 0 unspecified atom stereocenters. The normalized spacial score (nSPS) is 24.6. The van der Waals surface area contributed by atoms with Gasteiger partial charge in [-0.2, -0.15) is 0 Å². The minimum Gasteiger partial charge on any atom is -0.481 e. The van der Waals surface area contributed by atoms with Gasteiger partial charge in [-0.1, -0.05) is 13.8 Å². The third kappa shape index (κ3) is 3.50. The second-order valence-corrected chi connectivity index (χ2v) is 7.86. The summed E-state index contributed by atoms with van der Waals surface area (Å²) in [6, 6.07) is 1.11. The van der Waals surface area contributed by atoms with E-state index in [1.54, 1.807) is 0 Å². The van der Waals surface area contributed by atoms with Crippen molar-refractivity contribution in [2.75, 3.05) is 0 Å². The Morgan fingerprint density at radius 1 is 1.24 bits per heavy atom. The van der Waals surface area contributed by atoms with Gasteiger partial charge in [0.2, 0.25) is 0 Å². The summed E-state index contributed by atoms with van der Waals surface area (Å²) < 4.78 is 0. The summed E-state index contributed by atoms with van der Waals surface area (Å²) in [7, 11) is 0. The van der Waals surface area contributed by atoms with Crippen molar-refractivity contribution in [3.8, 4) is 0 Å². The van der Waals surface area contributed by atoms with Gasteiger partial charge < -0.3 is 15.4 Å². The number of aromatic amines is 1. The fourth-order valence-electron chi connectivity index (χ4n) is 3.80. The number of hydrogen-bond donors (Lipinski definition) is 3. The van der Waals surface area contributed by atoms with Crippen LogP contribution in [0, 0.1) is 11.3 Å². The molecule has 1 aromatic heterocycles. The van der Waals surface area contributed by atoms with Crippen LogP contribution in [0.5, 0.6) is 0 Å². The van der Waals surface area contributed by atoms with Gasteiger partial charge in [0.1, 0.15) is 5.56 Å². The molecule has 7 heteroatoms. The first-order valence-electron chi connectivity index (χ1n) is 8.49. The maximum absolute atomic E-state index is 12.4. The molecule has 0 radical (unpaired) electrons. The number of Topliss-reactive ketones (excluding diaryl/α,β-unsaturated/α-hetero) is 1. The number of fused-ring (bicyclic) bond motifs is 1. The van der Waals surface area contributed by atoms with Gasteiger partial charge in [-0.15, -0.1) is 0 Å². The fraction of sp³-hybridized carbons (Fsp3) is 0.556. The zero-order valence-electron chi connectivity index (χ0n) is 14.3. The van der Waals surface area contributed by atoms with Gasteiger partial charge in [0.05, 0.1) is 5.92 Å². The van der Waals surface area contributed by atoms with Crippen molar-refractivity contribution >= 4 is 17.7 Å². The number of carbonyl (C=O) groups excluding carboxylic acids is 2. The minimum atomic E-state index is -0.864. The van der Waals surface area contributed by atoms with E-state index in [1.165, 1.54) is 6.07 Å². The lowest BCUT2D eigenvalue weighted by atomic mass is 9.75. The van der Waals surface area contributed by atoms with E-state index in [1.807, 2.05) is 13.8 Å². The Labute approximate surface area is 144 Å². The molecule has 0 bridgehead atoms. The molecule has 1 fully saturated rings. The highest BCUT2D eigenvalue weighted by molar-refractivity contribution is 6.02. The highest BCUT2D eigenvalue weighted by atomic mass is 16.4. The summed E-state index contributed by atoms with van der Waals surface area (Å²) >= 11 is 0. The van der Waals surface area contributed by atoms with Crippen LogP contribution in [0.15, 0.2) is 10.9 Å². The van der Waals surface area contributed by atoms with Crippen LogP contribution in [0.2, 0.25) is 0 Å². The number of carboxylic acid groups (broad SMARTS) is 1. The summed E-state index contributed by atoms with van der Waals surface area (Å²) in [5, 5.41) is 11.8. The van der Waals surface area contributed by atoms with E-state index < -0.39 is 23.4 Å². The molecule has 3 N–H and O–H groups in total. The summed E-state index contributed by atoms with van der Waals surface area (Å²) in [5.41, 5.74) is 0.153. The maximum Gasteiger partial charge on any atom is 0.306 e. The van der Waals surface area contributed by atoms with Gasteiger partial charge in [0.25, 0.3) is 11.5 Å². The lowest BCUT2D eigenvalue weighted by molar-refractivity contribution is -0.141. The first kappa shape index (κ1) is 17.4. The average Bonchev–Trinajstić information content (AvgIpc) is 2.93. The molecule has 2 aliphatic carbocycles. The quantitative estimate of drug-likeness (QED) is 0.767. The van der Waals surface area contributed by atoms with Crippen molar-refractivity contribution in [3.63, 3.8) is 0 Å². The topological polar surface area (TPSA) is 116 Å². The molecular weight excluding hydrogens is 324 g/mol. The third-order valence-corrected chi connectivity index (χ3v) is 5.08. The molecule has 7 nitrogen and oxygen atoms in total. The Kier molecular flexibility index (Phi) is 4.26. The molecule has 1 amide bonds. The van der Waals surface area contributed by atoms with Crippen LogP contribution in [-0.2, 0) is 11.2 Å². The van der Waals surface area contributed by atoms with Crippen LogP contribution in [0.3, 0.4) is 0 Å². The molecule has 1 saturated carbocycles. The fourth-order valence-corrected chi connectivity index (χ4v) is 3.80. The van der Waals surface area contributed by atoms with Gasteiger partial charge in [-0.3, -0.25) is 19.2 Å². The first-order chi connectivity index (χ1) is 11.7. The predicted octanol–water partition coefficient (Wildman–Crippen LogP) is 1.51. The van der Waals surface area contributed by atoms with E-state index >= 15 is 0 Å². The molecule has 0 spiro atoms. The number of rotatable bonds is 3. The minimum absolute atomic E-state index is 0.0802. The van der Waals surface area contributed by atoms with Gasteiger partial charge in [0.15, 0.2) is 5.78 Å². The Morgan fingerprint density at radius 3 is 2.60 bits per heavy atom. The molecule has 0 aromatic carbocycles. The second kappa shape index (κ2) is 6.13. The molecule has 1 aromatic rings. The number of hydrogen-bond acceptors (Lipinski definition) is 4. The molecule has 1 heterocycles. The number of pyridine rings is 1. The summed E-state index contributed by atoms with van der Waals surface area (Å²) in [6.45, 7) is 3.93. The predicted molar refractivity (Wildman–Crippen MR) is 89.7 cm³/mol. The van der Waals surface area contributed by atoms with Crippen molar-refractivity contribution in [1.29, 1.82) is 0 Å². The molecular formula is C18H22N2O5. The van der Waals surface area contributed by atoms with Crippen LogP contribution in [0.25, 0.3) is 0 Å². The largest absolute Gasteiger partial charge is 0.481 e. The van der Waals surface area contributed by atoms with E-state index in [2.05, 4.69) is 10.3 Å². The van der Waals surface area contributed by atoms with Gasteiger partial charge in [-0.05, 0) is 37.2 Å². The van der Waals surface area contributed by atoms with Crippen molar-refractivity contribution < 1.29 is 19.5 Å². The van der Waals surface area contributed by atoms with Crippen molar-refractivity contribution in [2.24, 2.45) is 11.3 Å². The molecule has 0 saturated heterocycles. The number of aliphatic carboxylic acids is 1. The summed E-state index contributed by atoms with van der Waals surface area (Å²) in [5.74, 6) is -1.96. The Balaban J connectivity index is 1.81. The SMILES string of the molecule is CC1(C)CC(=O)c2cc(C(=O)N[C@@H]3CC[C@H](C(=O)O)C3)c(=O)[nH]c2C1. The standard InChI is InChI=1S/C18H22N2O5/c1-18(2)7-13-11(14(21)8-18)6-12(16(23)20-13)15(22)19-10-4-3-9(5-10)17(24)25/h6,9-10H,3-5,7-8H2,1-2H3,(H,19,22)(H,20,23)(H,24,25)/t9-,10+/m0/s1. The number of aromatic nitrogens is 1. The van der Waals surface area contributed by atoms with Gasteiger partial charge in [0, 0.05) is 23.7 Å². The number of carbonyl (C=O) groups is 3. The lowest BCUT2D eigenvalue weighted by Gasteiger charge is -2.29. The number of nitrogens with one attached hydrogen (secondary N) is 2. The van der Waals surface area contributed by atoms with Crippen LogP contribution < -0.4 is 10.9 Å². The van der Waals surface area contributed by atoms with E-state index in [4.69, 9.17) is 5.11 Å². The Bertz CT molecular complexity index is 808. The maximum atomic E-state index is 12.4. The highest BCUT2D eigenvalue weighted by Crippen LogP contribution is 2.33. The summed E-state index contributed by atoms with van der Waals surface area (Å²) in [4.78, 5) is 50.7. The molecule has 0 aliphatic heterocycles. The third-order valence-electron chi connectivity index (χ3n) is 5.08. The monoisotopic (exact) mass is 346 g/mol. The van der Waals surface area contributed by atoms with Crippen LogP contribution >= 0.6 is 0 Å². The average molecular weight is 346 g/mol. The van der Waals surface area contributed by atoms with Crippen LogP contribution in [0.4, 0.5) is 0 Å². The van der Waals surface area contributed by atoms with Gasteiger partial charge >= 0.3 is 5.97 Å². The molecule has 2 atom stereocenters. The Morgan fingerprint density at radius 2 is 1.96 bits per heavy atom. The van der Waals surface area contributed by atoms with E-state index in [-0.39, 0.29) is 22.8 Å². The number of amides is 1. The van der Waals surface area contributed by atoms with E-state index in [9.17, 15) is 19.2 Å². The Hall–Kier alpha value is -2.44. The van der Waals surface area contributed by atoms with E-state index in [0.29, 0.717) is 43.4 Å². The van der Waals surface area contributed by atoms with E-state index in [0.717, 1.165) is 0 Å². The van der Waals surface area contributed by atoms with Crippen molar-refractivity contribution in [2.45, 2.75) is 52.0 Å². The molecule has 3 rings (SSSR count). The van der Waals surface area contributed by atoms with Gasteiger partial charge in [-0.25, -0.2) is 0 Å². The first-order valence-corrected chi connectivity index (χ1v) is 8.49. The molecule has 25 heavy (non-hydrogen) atoms. The van der Waals surface area contributed by atoms with Crippen LogP contribution in [0.1, 0.15) is 65.9 Å². The zero-order chi connectivity index (χ0) is 18.4. The lowest BCUT2D eigenvalue weighted by Crippen LogP contribution is -2.38. The number of H-pyrrole nitrogens is 1. The number of carboxylic acids is 1. The molecule has 134 valence electrons. The second-order valence-electron chi connectivity index (χ2n) is 7.86. The zero-order valence-corrected chi connectivity index (χ0v) is 14.3. The highest BCUT2D eigenvalue weighted by Gasteiger charge is 2.34. The van der Waals surface area contributed by atoms with Crippen molar-refractivity contribution in [1.82, 2.24) is 10.3 Å².